The van der Waals surface area contributed by atoms with Crippen LogP contribution >= 0.6 is 0 Å². The summed E-state index contributed by atoms with van der Waals surface area (Å²) in [6, 6.07) is 0. The highest BCUT2D eigenvalue weighted by atomic mass is 16.2. The monoisotopic (exact) mass is 158 g/mol. The van der Waals surface area contributed by atoms with E-state index in [1.807, 2.05) is 0 Å². The number of hydrogen-bond acceptors (Lipinski definition) is 3. The molecule has 0 aromatic rings. The van der Waals surface area contributed by atoms with E-state index in [2.05, 4.69) is 10.3 Å². The molecular weight excluding hydrogens is 148 g/mol. The van der Waals surface area contributed by atoms with Crippen LogP contribution in [0.15, 0.2) is 4.99 Å². The molecule has 1 amide bonds. The fraction of sp³-hybridized carbons (Fsp3) is 0.400. The lowest BCUT2D eigenvalue weighted by Gasteiger charge is -1.96. The number of nitrogens with one attached hydrogen (secondary N) is 1. The quantitative estimate of drug-likeness (QED) is 0.240. The molecule has 0 atom stereocenters. The molecule has 0 aliphatic rings. The first-order chi connectivity index (χ1) is 5.16. The van der Waals surface area contributed by atoms with E-state index < -0.39 is 0 Å². The van der Waals surface area contributed by atoms with Gasteiger partial charge in [-0.15, -0.1) is 0 Å². The number of rotatable bonds is 4. The first kappa shape index (κ1) is 9.41. The van der Waals surface area contributed by atoms with Crippen molar-refractivity contribution in [2.75, 3.05) is 13.1 Å². The van der Waals surface area contributed by atoms with Crippen molar-refractivity contribution in [3.63, 3.8) is 0 Å². The van der Waals surface area contributed by atoms with Crippen molar-refractivity contribution < 1.29 is 9.59 Å². The maximum Gasteiger partial charge on any atom is 0.242 e. The molecule has 0 aliphatic carbocycles. The third-order valence-electron chi connectivity index (χ3n) is 0.788. The first-order valence-corrected chi connectivity index (χ1v) is 2.92. The Morgan fingerprint density at radius 1 is 1.55 bits per heavy atom. The number of nitrogens with two attached hydrogens (primary N) is 2. The van der Waals surface area contributed by atoms with Crippen molar-refractivity contribution in [3.05, 3.63) is 0 Å². The second kappa shape index (κ2) is 5.21. The van der Waals surface area contributed by atoms with Crippen LogP contribution in [0.25, 0.3) is 0 Å². The van der Waals surface area contributed by atoms with E-state index in [0.29, 0.717) is 6.29 Å². The summed E-state index contributed by atoms with van der Waals surface area (Å²) in [6.07, 6.45) is 0.577. The molecule has 0 unspecified atom stereocenters. The Labute approximate surface area is 63.6 Å². The van der Waals surface area contributed by atoms with Gasteiger partial charge in [-0.2, -0.15) is 0 Å². The van der Waals surface area contributed by atoms with Crippen molar-refractivity contribution >= 4 is 18.2 Å². The third-order valence-corrected chi connectivity index (χ3v) is 0.788. The Bertz CT molecular complexity index is 173. The molecule has 5 N–H and O–H groups in total. The second-order valence-corrected chi connectivity index (χ2v) is 1.71. The standard InChI is InChI=1S/C5H10N4O2/c6-5(7)9-3-4(11)8-1-2-10/h2H,1,3H2,(H,8,11)(H4,6,7,9). The van der Waals surface area contributed by atoms with Crippen LogP contribution in [0, 0.1) is 0 Å². The molecule has 0 aromatic heterocycles. The number of carbonyl (C=O) groups is 2. The summed E-state index contributed by atoms with van der Waals surface area (Å²) in [5.41, 5.74) is 9.90. The topological polar surface area (TPSA) is 111 Å². The predicted octanol–water partition coefficient (Wildman–Crippen LogP) is -2.43. The summed E-state index contributed by atoms with van der Waals surface area (Å²) in [5, 5.41) is 2.26. The van der Waals surface area contributed by atoms with Gasteiger partial charge < -0.3 is 21.6 Å². The summed E-state index contributed by atoms with van der Waals surface area (Å²) in [7, 11) is 0. The van der Waals surface area contributed by atoms with Gasteiger partial charge in [-0.25, -0.2) is 4.99 Å². The van der Waals surface area contributed by atoms with Crippen LogP contribution in [0.1, 0.15) is 0 Å². The van der Waals surface area contributed by atoms with E-state index in [1.54, 1.807) is 0 Å². The van der Waals surface area contributed by atoms with E-state index >= 15 is 0 Å². The summed E-state index contributed by atoms with van der Waals surface area (Å²) in [6.45, 7) is -0.158. The van der Waals surface area contributed by atoms with Gasteiger partial charge >= 0.3 is 0 Å². The number of guanidine groups is 1. The van der Waals surface area contributed by atoms with E-state index in [4.69, 9.17) is 11.5 Å². The highest BCUT2D eigenvalue weighted by Gasteiger charge is 1.96. The van der Waals surface area contributed by atoms with Gasteiger partial charge in [0, 0.05) is 0 Å². The molecule has 6 heteroatoms. The number of hydrogen-bond donors (Lipinski definition) is 3. The van der Waals surface area contributed by atoms with Gasteiger partial charge in [-0.3, -0.25) is 4.79 Å². The molecule has 6 nitrogen and oxygen atoms in total. The molecule has 0 spiro atoms. The highest BCUT2D eigenvalue weighted by Crippen LogP contribution is 1.68. The van der Waals surface area contributed by atoms with Gasteiger partial charge in [0.2, 0.25) is 5.91 Å². The van der Waals surface area contributed by atoms with Crippen molar-refractivity contribution in [2.24, 2.45) is 16.5 Å². The summed E-state index contributed by atoms with van der Waals surface area (Å²) in [4.78, 5) is 23.8. The molecule has 0 aromatic carbocycles. The zero-order valence-electron chi connectivity index (χ0n) is 5.91. The minimum Gasteiger partial charge on any atom is -0.370 e. The Kier molecular flexibility index (Phi) is 4.46. The lowest BCUT2D eigenvalue weighted by molar-refractivity contribution is -0.121. The normalized spacial score (nSPS) is 8.36. The predicted molar refractivity (Wildman–Crippen MR) is 39.8 cm³/mol. The lowest BCUT2D eigenvalue weighted by atomic mass is 10.5. The van der Waals surface area contributed by atoms with Gasteiger partial charge in [0.25, 0.3) is 0 Å². The van der Waals surface area contributed by atoms with E-state index in [0.717, 1.165) is 0 Å². The van der Waals surface area contributed by atoms with Crippen molar-refractivity contribution in [1.82, 2.24) is 5.32 Å². The van der Waals surface area contributed by atoms with Crippen LogP contribution in [0.4, 0.5) is 0 Å². The van der Waals surface area contributed by atoms with Gasteiger partial charge in [0.1, 0.15) is 12.8 Å². The van der Waals surface area contributed by atoms with Gasteiger partial charge in [-0.1, -0.05) is 0 Å². The van der Waals surface area contributed by atoms with Gasteiger partial charge in [-0.05, 0) is 0 Å². The number of aliphatic imine (C=N–C) groups is 1. The molecule has 0 rings (SSSR count). The zero-order chi connectivity index (χ0) is 8.69. The van der Waals surface area contributed by atoms with Crippen LogP contribution in [-0.2, 0) is 9.59 Å². The fourth-order valence-electron chi connectivity index (χ4n) is 0.374. The number of carbonyl (C=O) groups excluding carboxylic acids is 2. The summed E-state index contributed by atoms with van der Waals surface area (Å²) in [5.74, 6) is -0.531. The maximum absolute atomic E-state index is 10.6. The Hall–Kier alpha value is -1.59. The molecule has 62 valence electrons. The molecule has 0 aliphatic heterocycles. The highest BCUT2D eigenvalue weighted by molar-refractivity contribution is 5.84. The van der Waals surface area contributed by atoms with Crippen LogP contribution in [-0.4, -0.2) is 31.2 Å². The fourth-order valence-corrected chi connectivity index (χ4v) is 0.374. The lowest BCUT2D eigenvalue weighted by Crippen LogP contribution is -2.30. The largest absolute Gasteiger partial charge is 0.370 e. The van der Waals surface area contributed by atoms with Crippen molar-refractivity contribution in [2.45, 2.75) is 0 Å². The number of aldehydes is 1. The molecule has 0 fully saturated rings. The van der Waals surface area contributed by atoms with Crippen molar-refractivity contribution in [3.8, 4) is 0 Å². The Morgan fingerprint density at radius 3 is 2.64 bits per heavy atom. The average molecular weight is 158 g/mol. The minimum atomic E-state index is -0.384. The molecule has 0 radical (unpaired) electrons. The third kappa shape index (κ3) is 6.29. The number of amides is 1. The molecule has 0 saturated heterocycles. The van der Waals surface area contributed by atoms with E-state index in [1.165, 1.54) is 0 Å². The van der Waals surface area contributed by atoms with E-state index in [9.17, 15) is 9.59 Å². The molecule has 11 heavy (non-hydrogen) atoms. The van der Waals surface area contributed by atoms with Crippen LogP contribution < -0.4 is 16.8 Å². The Morgan fingerprint density at radius 2 is 2.18 bits per heavy atom. The molecular formula is C5H10N4O2. The maximum atomic E-state index is 10.6. The van der Waals surface area contributed by atoms with Crippen LogP contribution in [0.3, 0.4) is 0 Å². The smallest absolute Gasteiger partial charge is 0.242 e. The first-order valence-electron chi connectivity index (χ1n) is 2.92. The zero-order valence-corrected chi connectivity index (χ0v) is 5.91. The molecule has 0 heterocycles. The van der Waals surface area contributed by atoms with Crippen LogP contribution in [0.2, 0.25) is 0 Å². The summed E-state index contributed by atoms with van der Waals surface area (Å²) < 4.78 is 0. The van der Waals surface area contributed by atoms with Crippen LogP contribution in [0.5, 0.6) is 0 Å². The minimum absolute atomic E-state index is 0.0151. The average Bonchev–Trinajstić information content (AvgIpc) is 1.97. The van der Waals surface area contributed by atoms with Gasteiger partial charge in [0.05, 0.1) is 6.54 Å². The van der Waals surface area contributed by atoms with Gasteiger partial charge in [0.15, 0.2) is 5.96 Å². The molecule has 0 bridgehead atoms. The second-order valence-electron chi connectivity index (χ2n) is 1.71. The number of nitrogens with zero attached hydrogens (tertiary/aromatic N) is 1. The molecule has 0 saturated carbocycles. The SMILES string of the molecule is NC(N)=NCC(=O)NCC=O. The summed E-state index contributed by atoms with van der Waals surface area (Å²) >= 11 is 0. The Balaban J connectivity index is 3.53. The van der Waals surface area contributed by atoms with E-state index in [-0.39, 0.29) is 25.0 Å². The van der Waals surface area contributed by atoms with Crippen molar-refractivity contribution in [1.29, 1.82) is 0 Å².